The second-order valence-corrected chi connectivity index (χ2v) is 17.0. The van der Waals surface area contributed by atoms with Crippen LogP contribution in [0.1, 0.15) is 0 Å². The first-order valence-corrected chi connectivity index (χ1v) is 21.3. The molecule has 272 valence electrons. The summed E-state index contributed by atoms with van der Waals surface area (Å²) in [7, 11) is 0. The van der Waals surface area contributed by atoms with Gasteiger partial charge in [-0.15, -0.1) is 22.7 Å². The number of thiophene rings is 2. The number of rotatable bonds is 6. The molecule has 3 aromatic heterocycles. The predicted molar refractivity (Wildman–Crippen MR) is 252 cm³/mol. The SMILES string of the molecule is c1ccc(-c2ccc3c(c2)sc2cc(N(c4ccc5c(c4)c4ccccc4n5-c4ccccc4)c4ccc(-c5ccccc5)c5sc6ccccc6c45)ccc23)cc1. The first kappa shape index (κ1) is 33.2. The van der Waals surface area contributed by atoms with Gasteiger partial charge in [-0.1, -0.05) is 140 Å². The molecule has 0 bridgehead atoms. The molecule has 0 amide bonds. The van der Waals surface area contributed by atoms with Gasteiger partial charge in [-0.05, 0) is 89.0 Å². The highest BCUT2D eigenvalue weighted by molar-refractivity contribution is 7.26. The third kappa shape index (κ3) is 5.23. The number of para-hydroxylation sites is 2. The average Bonchev–Trinajstić information content (AvgIpc) is 3.97. The third-order valence-electron chi connectivity index (χ3n) is 11.6. The molecule has 9 aromatic carbocycles. The molecule has 0 atom stereocenters. The normalized spacial score (nSPS) is 11.8. The topological polar surface area (TPSA) is 8.17 Å². The lowest BCUT2D eigenvalue weighted by Crippen LogP contribution is -2.10. The number of hydrogen-bond acceptors (Lipinski definition) is 3. The Bertz CT molecular complexity index is 3500. The van der Waals surface area contributed by atoms with Crippen molar-refractivity contribution in [3.8, 4) is 27.9 Å². The summed E-state index contributed by atoms with van der Waals surface area (Å²) in [6.45, 7) is 0. The molecule has 58 heavy (non-hydrogen) atoms. The summed E-state index contributed by atoms with van der Waals surface area (Å²) >= 11 is 3.76. The van der Waals surface area contributed by atoms with E-state index in [1.165, 1.54) is 90.1 Å². The van der Waals surface area contributed by atoms with Crippen molar-refractivity contribution in [2.45, 2.75) is 0 Å². The second-order valence-electron chi connectivity index (χ2n) is 14.9. The fourth-order valence-corrected chi connectivity index (χ4v) is 11.4. The molecule has 0 radical (unpaired) electrons. The van der Waals surface area contributed by atoms with Crippen LogP contribution in [-0.4, -0.2) is 4.57 Å². The van der Waals surface area contributed by atoms with E-state index in [0.29, 0.717) is 0 Å². The standard InChI is InChI=1S/C54H34N2S2/c1-4-14-35(15-5-1)37-24-27-43-44-28-25-40(34-52(44)57-51(43)32-37)55(39-26-30-48-46(33-39)42-20-10-12-22-47(42)56(48)38-18-8-3-9-19-38)49-31-29-41(36-16-6-2-7-17-36)54-53(49)45-21-11-13-23-50(45)58-54/h1-34H. The smallest absolute Gasteiger partial charge is 0.0555 e. The average molecular weight is 775 g/mol. The number of fused-ring (bicyclic) bond motifs is 9. The van der Waals surface area contributed by atoms with Gasteiger partial charge in [-0.2, -0.15) is 0 Å². The molecule has 0 fully saturated rings. The van der Waals surface area contributed by atoms with Crippen molar-refractivity contribution in [2.24, 2.45) is 0 Å². The molecule has 12 aromatic rings. The quantitative estimate of drug-likeness (QED) is 0.163. The zero-order valence-electron chi connectivity index (χ0n) is 31.3. The maximum atomic E-state index is 2.50. The molecular formula is C54H34N2S2. The van der Waals surface area contributed by atoms with Crippen LogP contribution < -0.4 is 4.90 Å². The molecule has 4 heteroatoms. The minimum atomic E-state index is 1.12. The Hall–Kier alpha value is -6.98. The van der Waals surface area contributed by atoms with Crippen molar-refractivity contribution in [1.82, 2.24) is 4.57 Å². The third-order valence-corrected chi connectivity index (χ3v) is 13.9. The van der Waals surface area contributed by atoms with Gasteiger partial charge in [0, 0.05) is 68.2 Å². The minimum Gasteiger partial charge on any atom is -0.310 e. The fourth-order valence-electron chi connectivity index (χ4n) is 8.94. The summed E-state index contributed by atoms with van der Waals surface area (Å²) in [6, 6.07) is 75.6. The lowest BCUT2D eigenvalue weighted by atomic mass is 10.00. The Morgan fingerprint density at radius 2 is 0.983 bits per heavy atom. The molecule has 0 spiro atoms. The summed E-state index contributed by atoms with van der Waals surface area (Å²) in [5.74, 6) is 0. The molecule has 0 aliphatic rings. The number of hydrogen-bond donors (Lipinski definition) is 0. The van der Waals surface area contributed by atoms with Gasteiger partial charge in [-0.3, -0.25) is 0 Å². The van der Waals surface area contributed by atoms with Gasteiger partial charge in [0.05, 0.1) is 16.7 Å². The van der Waals surface area contributed by atoms with Crippen LogP contribution in [0.25, 0.3) is 90.1 Å². The lowest BCUT2D eigenvalue weighted by molar-refractivity contribution is 1.18. The van der Waals surface area contributed by atoms with Crippen molar-refractivity contribution in [1.29, 1.82) is 0 Å². The number of anilines is 3. The number of aromatic nitrogens is 1. The monoisotopic (exact) mass is 774 g/mol. The highest BCUT2D eigenvalue weighted by Gasteiger charge is 2.23. The molecule has 0 unspecified atom stereocenters. The number of nitrogens with zero attached hydrogens (tertiary/aromatic N) is 2. The van der Waals surface area contributed by atoms with E-state index >= 15 is 0 Å². The van der Waals surface area contributed by atoms with Gasteiger partial charge >= 0.3 is 0 Å². The van der Waals surface area contributed by atoms with Crippen LogP contribution in [0, 0.1) is 0 Å². The van der Waals surface area contributed by atoms with Crippen LogP contribution in [0.5, 0.6) is 0 Å². The first-order chi connectivity index (χ1) is 28.8. The Kier molecular flexibility index (Phi) is 7.62. The van der Waals surface area contributed by atoms with Gasteiger partial charge in [-0.25, -0.2) is 0 Å². The van der Waals surface area contributed by atoms with E-state index in [9.17, 15) is 0 Å². The van der Waals surface area contributed by atoms with Crippen molar-refractivity contribution >= 4 is 102 Å². The second kappa shape index (κ2) is 13.3. The zero-order valence-corrected chi connectivity index (χ0v) is 33.0. The van der Waals surface area contributed by atoms with Gasteiger partial charge in [0.25, 0.3) is 0 Å². The maximum Gasteiger partial charge on any atom is 0.0555 e. The molecule has 0 N–H and O–H groups in total. The van der Waals surface area contributed by atoms with E-state index in [1.54, 1.807) is 0 Å². The van der Waals surface area contributed by atoms with Crippen molar-refractivity contribution < 1.29 is 0 Å². The summed E-state index contributed by atoms with van der Waals surface area (Å²) in [5.41, 5.74) is 12.0. The molecule has 12 rings (SSSR count). The number of benzene rings is 9. The van der Waals surface area contributed by atoms with Crippen molar-refractivity contribution in [3.05, 3.63) is 206 Å². The van der Waals surface area contributed by atoms with Gasteiger partial charge in [0.2, 0.25) is 0 Å². The van der Waals surface area contributed by atoms with E-state index in [4.69, 9.17) is 0 Å². The van der Waals surface area contributed by atoms with Crippen LogP contribution in [0.3, 0.4) is 0 Å². The van der Waals surface area contributed by atoms with E-state index in [2.05, 4.69) is 216 Å². The van der Waals surface area contributed by atoms with Crippen LogP contribution >= 0.6 is 22.7 Å². The Balaban J connectivity index is 1.13. The summed E-state index contributed by atoms with van der Waals surface area (Å²) in [5, 5.41) is 7.60. The van der Waals surface area contributed by atoms with Gasteiger partial charge < -0.3 is 9.47 Å². The summed E-state index contributed by atoms with van der Waals surface area (Å²) in [6.07, 6.45) is 0. The predicted octanol–water partition coefficient (Wildman–Crippen LogP) is 16.3. The highest BCUT2D eigenvalue weighted by Crippen LogP contribution is 2.50. The Morgan fingerprint density at radius 3 is 1.79 bits per heavy atom. The Morgan fingerprint density at radius 1 is 0.362 bits per heavy atom. The first-order valence-electron chi connectivity index (χ1n) is 19.7. The fraction of sp³-hybridized carbons (Fsp3) is 0. The van der Waals surface area contributed by atoms with Crippen LogP contribution in [0.4, 0.5) is 17.1 Å². The van der Waals surface area contributed by atoms with Crippen molar-refractivity contribution in [2.75, 3.05) is 4.90 Å². The Labute approximate surface area is 343 Å². The summed E-state index contributed by atoms with van der Waals surface area (Å²) < 4.78 is 7.56. The molecule has 0 saturated carbocycles. The van der Waals surface area contributed by atoms with E-state index in [0.717, 1.165) is 17.1 Å². The molecule has 0 aliphatic heterocycles. The highest BCUT2D eigenvalue weighted by atomic mass is 32.1. The van der Waals surface area contributed by atoms with E-state index in [1.807, 2.05) is 22.7 Å². The molecule has 0 saturated heterocycles. The van der Waals surface area contributed by atoms with Gasteiger partial charge in [0.15, 0.2) is 0 Å². The maximum absolute atomic E-state index is 2.50. The summed E-state index contributed by atoms with van der Waals surface area (Å²) in [4.78, 5) is 2.50. The minimum absolute atomic E-state index is 1.12. The van der Waals surface area contributed by atoms with Crippen LogP contribution in [-0.2, 0) is 0 Å². The molecule has 3 heterocycles. The lowest BCUT2D eigenvalue weighted by Gasteiger charge is -2.27. The molecular weight excluding hydrogens is 741 g/mol. The van der Waals surface area contributed by atoms with Gasteiger partial charge in [0.1, 0.15) is 0 Å². The van der Waals surface area contributed by atoms with Crippen LogP contribution in [0.15, 0.2) is 206 Å². The molecule has 0 aliphatic carbocycles. The molecule has 2 nitrogen and oxygen atoms in total. The van der Waals surface area contributed by atoms with Crippen molar-refractivity contribution in [3.63, 3.8) is 0 Å². The van der Waals surface area contributed by atoms with Crippen LogP contribution in [0.2, 0.25) is 0 Å². The van der Waals surface area contributed by atoms with E-state index in [-0.39, 0.29) is 0 Å². The largest absolute Gasteiger partial charge is 0.310 e. The zero-order chi connectivity index (χ0) is 38.2. The van der Waals surface area contributed by atoms with E-state index < -0.39 is 0 Å².